The van der Waals surface area contributed by atoms with Gasteiger partial charge in [-0.05, 0) is 36.5 Å². The van der Waals surface area contributed by atoms with E-state index in [4.69, 9.17) is 5.73 Å². The molecule has 0 unspecified atom stereocenters. The van der Waals surface area contributed by atoms with Crippen molar-refractivity contribution >= 4 is 5.96 Å². The van der Waals surface area contributed by atoms with Crippen molar-refractivity contribution in [1.29, 1.82) is 0 Å². The van der Waals surface area contributed by atoms with Crippen molar-refractivity contribution in [2.45, 2.75) is 24.8 Å². The van der Waals surface area contributed by atoms with Gasteiger partial charge in [0.15, 0.2) is 5.96 Å². The zero-order chi connectivity index (χ0) is 13.0. The molecule has 1 aromatic carbocycles. The number of hydrogen-bond acceptors (Lipinski definition) is 1. The summed E-state index contributed by atoms with van der Waals surface area (Å²) in [6.45, 7) is 4.11. The quantitative estimate of drug-likeness (QED) is 0.486. The lowest BCUT2D eigenvalue weighted by Gasteiger charge is -2.36. The molecule has 1 fully saturated rings. The van der Waals surface area contributed by atoms with Crippen LogP contribution < -0.4 is 11.1 Å². The summed E-state index contributed by atoms with van der Waals surface area (Å²) in [4.78, 5) is 4.08. The highest BCUT2D eigenvalue weighted by Gasteiger charge is 2.30. The number of hydrogen-bond donors (Lipinski definition) is 2. The third kappa shape index (κ3) is 3.09. The molecule has 2 rings (SSSR count). The topological polar surface area (TPSA) is 50.4 Å². The molecular weight excluding hydrogens is 229 g/mol. The minimum absolute atomic E-state index is 0.170. The van der Waals surface area contributed by atoms with Gasteiger partial charge in [-0.2, -0.15) is 0 Å². The lowest BCUT2D eigenvalue weighted by molar-refractivity contribution is 0.323. The second-order valence-electron chi connectivity index (χ2n) is 4.58. The summed E-state index contributed by atoms with van der Waals surface area (Å²) < 4.78 is 13.1. The molecule has 0 aliphatic heterocycles. The Morgan fingerprint density at radius 1 is 1.56 bits per heavy atom. The highest BCUT2D eigenvalue weighted by Crippen LogP contribution is 2.36. The molecule has 1 aromatic rings. The van der Waals surface area contributed by atoms with Crippen LogP contribution >= 0.6 is 0 Å². The van der Waals surface area contributed by atoms with Crippen molar-refractivity contribution in [3.8, 4) is 0 Å². The average molecular weight is 247 g/mol. The van der Waals surface area contributed by atoms with Crippen molar-refractivity contribution < 1.29 is 4.39 Å². The molecule has 0 atom stereocenters. The SMILES string of the molecule is C=CCN=C(N)NC1CC(c2cccc(F)c2)C1. The van der Waals surface area contributed by atoms with Crippen LogP contribution in [-0.4, -0.2) is 18.5 Å². The van der Waals surface area contributed by atoms with Crippen molar-refractivity contribution in [2.75, 3.05) is 6.54 Å². The Labute approximate surface area is 107 Å². The molecule has 0 spiro atoms. The van der Waals surface area contributed by atoms with Gasteiger partial charge in [0.25, 0.3) is 0 Å². The first-order valence-electron chi connectivity index (χ1n) is 6.12. The standard InChI is InChI=1S/C14H18FN3/c1-2-6-17-14(16)18-13-8-11(9-13)10-4-3-5-12(15)7-10/h2-5,7,11,13H,1,6,8-9H2,(H3,16,17,18). The molecule has 0 amide bonds. The van der Waals surface area contributed by atoms with Crippen molar-refractivity contribution in [3.63, 3.8) is 0 Å². The van der Waals surface area contributed by atoms with E-state index in [1.807, 2.05) is 6.07 Å². The number of nitrogens with two attached hydrogens (primary N) is 1. The van der Waals surface area contributed by atoms with E-state index in [-0.39, 0.29) is 5.82 Å². The van der Waals surface area contributed by atoms with E-state index in [9.17, 15) is 4.39 Å². The maximum absolute atomic E-state index is 13.1. The monoisotopic (exact) mass is 247 g/mol. The Bertz CT molecular complexity index is 450. The first-order valence-corrected chi connectivity index (χ1v) is 6.12. The fourth-order valence-corrected chi connectivity index (χ4v) is 2.19. The van der Waals surface area contributed by atoms with Crippen LogP contribution in [0.4, 0.5) is 4.39 Å². The van der Waals surface area contributed by atoms with Gasteiger partial charge in [-0.25, -0.2) is 9.38 Å². The molecule has 4 heteroatoms. The zero-order valence-corrected chi connectivity index (χ0v) is 10.3. The van der Waals surface area contributed by atoms with Gasteiger partial charge in [-0.1, -0.05) is 18.2 Å². The van der Waals surface area contributed by atoms with Gasteiger partial charge in [0, 0.05) is 6.04 Å². The summed E-state index contributed by atoms with van der Waals surface area (Å²) >= 11 is 0. The Hall–Kier alpha value is -1.84. The number of guanidine groups is 1. The molecule has 1 aliphatic rings. The fraction of sp³-hybridized carbons (Fsp3) is 0.357. The van der Waals surface area contributed by atoms with Crippen LogP contribution in [0.3, 0.4) is 0 Å². The van der Waals surface area contributed by atoms with E-state index in [0.29, 0.717) is 24.5 Å². The smallest absolute Gasteiger partial charge is 0.189 e. The molecule has 0 heterocycles. The van der Waals surface area contributed by atoms with Gasteiger partial charge in [0.05, 0.1) is 6.54 Å². The number of aliphatic imine (C=N–C) groups is 1. The predicted octanol–water partition coefficient (Wildman–Crippen LogP) is 2.16. The van der Waals surface area contributed by atoms with Crippen LogP contribution in [0, 0.1) is 5.82 Å². The molecule has 3 N–H and O–H groups in total. The van der Waals surface area contributed by atoms with Crippen LogP contribution in [0.2, 0.25) is 0 Å². The van der Waals surface area contributed by atoms with E-state index >= 15 is 0 Å². The molecule has 1 saturated carbocycles. The van der Waals surface area contributed by atoms with Gasteiger partial charge in [0.2, 0.25) is 0 Å². The van der Waals surface area contributed by atoms with E-state index in [1.165, 1.54) is 6.07 Å². The number of halogens is 1. The predicted molar refractivity (Wildman–Crippen MR) is 72.0 cm³/mol. The summed E-state index contributed by atoms with van der Waals surface area (Å²) in [6, 6.07) is 7.14. The zero-order valence-electron chi connectivity index (χ0n) is 10.3. The third-order valence-electron chi connectivity index (χ3n) is 3.20. The molecule has 0 saturated heterocycles. The number of rotatable bonds is 4. The molecule has 0 bridgehead atoms. The Kier molecular flexibility index (Phi) is 3.97. The summed E-state index contributed by atoms with van der Waals surface area (Å²) in [6.07, 6.45) is 3.63. The van der Waals surface area contributed by atoms with Crippen molar-refractivity contribution in [3.05, 3.63) is 48.3 Å². The maximum atomic E-state index is 13.1. The Balaban J connectivity index is 1.82. The minimum atomic E-state index is -0.170. The molecule has 3 nitrogen and oxygen atoms in total. The molecule has 96 valence electrons. The second kappa shape index (κ2) is 5.67. The van der Waals surface area contributed by atoms with Gasteiger partial charge in [-0.3, -0.25) is 0 Å². The van der Waals surface area contributed by atoms with Crippen LogP contribution in [0.15, 0.2) is 41.9 Å². The fourth-order valence-electron chi connectivity index (χ4n) is 2.19. The highest BCUT2D eigenvalue weighted by atomic mass is 19.1. The van der Waals surface area contributed by atoms with E-state index in [1.54, 1.807) is 18.2 Å². The minimum Gasteiger partial charge on any atom is -0.370 e. The Morgan fingerprint density at radius 2 is 2.33 bits per heavy atom. The number of nitrogens with zero attached hydrogens (tertiary/aromatic N) is 1. The van der Waals surface area contributed by atoms with Crippen molar-refractivity contribution in [1.82, 2.24) is 5.32 Å². The first kappa shape index (κ1) is 12.6. The lowest BCUT2D eigenvalue weighted by atomic mass is 9.76. The molecule has 1 aliphatic carbocycles. The molecular formula is C14H18FN3. The largest absolute Gasteiger partial charge is 0.370 e. The van der Waals surface area contributed by atoms with E-state index in [0.717, 1.165) is 18.4 Å². The molecule has 18 heavy (non-hydrogen) atoms. The first-order chi connectivity index (χ1) is 8.69. The lowest BCUT2D eigenvalue weighted by Crippen LogP contribution is -2.46. The number of benzene rings is 1. The average Bonchev–Trinajstić information content (AvgIpc) is 2.30. The summed E-state index contributed by atoms with van der Waals surface area (Å²) in [5, 5.41) is 3.15. The molecule has 0 aromatic heterocycles. The van der Waals surface area contributed by atoms with Gasteiger partial charge < -0.3 is 11.1 Å². The van der Waals surface area contributed by atoms with Crippen LogP contribution in [0.5, 0.6) is 0 Å². The maximum Gasteiger partial charge on any atom is 0.189 e. The van der Waals surface area contributed by atoms with Gasteiger partial charge >= 0.3 is 0 Å². The normalized spacial score (nSPS) is 23.3. The van der Waals surface area contributed by atoms with Crippen molar-refractivity contribution in [2.24, 2.45) is 10.7 Å². The van der Waals surface area contributed by atoms with Gasteiger partial charge in [0.1, 0.15) is 5.82 Å². The highest BCUT2D eigenvalue weighted by molar-refractivity contribution is 5.78. The van der Waals surface area contributed by atoms with E-state index in [2.05, 4.69) is 16.9 Å². The summed E-state index contributed by atoms with van der Waals surface area (Å²) in [7, 11) is 0. The van der Waals surface area contributed by atoms with Gasteiger partial charge in [-0.15, -0.1) is 6.58 Å². The third-order valence-corrected chi connectivity index (χ3v) is 3.20. The van der Waals surface area contributed by atoms with E-state index < -0.39 is 0 Å². The van der Waals surface area contributed by atoms with Crippen LogP contribution in [-0.2, 0) is 0 Å². The summed E-state index contributed by atoms with van der Waals surface area (Å²) in [5.74, 6) is 0.707. The van der Waals surface area contributed by atoms with Crippen LogP contribution in [0.1, 0.15) is 24.3 Å². The van der Waals surface area contributed by atoms with Crippen LogP contribution in [0.25, 0.3) is 0 Å². The Morgan fingerprint density at radius 3 is 3.00 bits per heavy atom. The summed E-state index contributed by atoms with van der Waals surface area (Å²) in [5.41, 5.74) is 6.77. The number of nitrogens with one attached hydrogen (secondary N) is 1. The second-order valence-corrected chi connectivity index (χ2v) is 4.58. The molecule has 0 radical (unpaired) electrons.